The molecule has 170 valence electrons. The minimum atomic E-state index is -0.589. The molecule has 3 aromatic rings. The molecule has 0 radical (unpaired) electrons. The molecule has 1 atom stereocenters. The third-order valence-electron chi connectivity index (χ3n) is 5.11. The first-order valence-corrected chi connectivity index (χ1v) is 11.2. The summed E-state index contributed by atoms with van der Waals surface area (Å²) < 4.78 is 0. The van der Waals surface area contributed by atoms with Gasteiger partial charge in [-0.05, 0) is 43.2 Å². The van der Waals surface area contributed by atoms with Crippen molar-refractivity contribution in [1.82, 2.24) is 4.98 Å². The van der Waals surface area contributed by atoms with Gasteiger partial charge in [-0.3, -0.25) is 9.59 Å². The molecule has 9 heteroatoms. The lowest BCUT2D eigenvalue weighted by Gasteiger charge is -2.17. The molecular weight excluding hydrogens is 448 g/mol. The highest BCUT2D eigenvalue weighted by atomic mass is 32.2. The number of hydrogen-bond acceptors (Lipinski definition) is 7. The minimum Gasteiger partial charge on any atom is -0.383 e. The summed E-state index contributed by atoms with van der Waals surface area (Å²) in [6.45, 7) is 3.78. The number of carbonyl (C=O) groups excluding carboxylic acids is 2. The van der Waals surface area contributed by atoms with Crippen molar-refractivity contribution in [2.75, 3.05) is 11.1 Å². The minimum absolute atomic E-state index is 0.00289. The average Bonchev–Trinajstić information content (AvgIpc) is 2.82. The second-order valence-electron chi connectivity index (χ2n) is 7.46. The number of carbonyl (C=O) groups is 2. The molecule has 0 spiro atoms. The van der Waals surface area contributed by atoms with E-state index in [1.807, 2.05) is 38.1 Å². The van der Waals surface area contributed by atoms with Crippen LogP contribution < -0.4 is 16.8 Å². The highest BCUT2D eigenvalue weighted by Gasteiger charge is 2.25. The smallest absolute Gasteiger partial charge is 0.248 e. The van der Waals surface area contributed by atoms with Crippen LogP contribution in [0.3, 0.4) is 0 Å². The van der Waals surface area contributed by atoms with Gasteiger partial charge in [0.1, 0.15) is 28.5 Å². The Morgan fingerprint density at radius 3 is 2.21 bits per heavy atom. The third-order valence-corrected chi connectivity index (χ3v) is 6.46. The maximum absolute atomic E-state index is 12.9. The number of aryl methyl sites for hydroxylation is 1. The van der Waals surface area contributed by atoms with Gasteiger partial charge in [-0.2, -0.15) is 10.5 Å². The van der Waals surface area contributed by atoms with Crippen molar-refractivity contribution in [3.05, 3.63) is 70.8 Å². The van der Waals surface area contributed by atoms with Gasteiger partial charge in [-0.1, -0.05) is 48.5 Å². The fourth-order valence-electron chi connectivity index (χ4n) is 3.29. The number of nitriles is 2. The lowest BCUT2D eigenvalue weighted by molar-refractivity contribution is -0.115. The number of rotatable bonds is 7. The van der Waals surface area contributed by atoms with E-state index in [2.05, 4.69) is 22.4 Å². The number of aromatic nitrogens is 1. The van der Waals surface area contributed by atoms with Crippen LogP contribution in [0.4, 0.5) is 11.5 Å². The monoisotopic (exact) mass is 470 g/mol. The Hall–Kier alpha value is -4.34. The molecule has 5 N–H and O–H groups in total. The van der Waals surface area contributed by atoms with Crippen molar-refractivity contribution < 1.29 is 9.59 Å². The van der Waals surface area contributed by atoms with Gasteiger partial charge >= 0.3 is 0 Å². The van der Waals surface area contributed by atoms with Crippen molar-refractivity contribution >= 4 is 35.1 Å². The maximum atomic E-state index is 12.9. The molecule has 0 aliphatic rings. The summed E-state index contributed by atoms with van der Waals surface area (Å²) in [4.78, 5) is 28.5. The van der Waals surface area contributed by atoms with E-state index in [4.69, 9.17) is 11.5 Å². The van der Waals surface area contributed by atoms with Crippen LogP contribution in [-0.2, 0) is 4.79 Å². The molecule has 1 aromatic heterocycles. The average molecular weight is 471 g/mol. The van der Waals surface area contributed by atoms with Gasteiger partial charge < -0.3 is 16.8 Å². The van der Waals surface area contributed by atoms with Gasteiger partial charge in [0.05, 0.1) is 10.8 Å². The summed E-state index contributed by atoms with van der Waals surface area (Å²) in [7, 11) is 0. The Balaban J connectivity index is 1.96. The van der Waals surface area contributed by atoms with Gasteiger partial charge in [0.15, 0.2) is 0 Å². The molecule has 0 fully saturated rings. The van der Waals surface area contributed by atoms with E-state index in [-0.39, 0.29) is 27.9 Å². The summed E-state index contributed by atoms with van der Waals surface area (Å²) in [5, 5.41) is 22.1. The summed E-state index contributed by atoms with van der Waals surface area (Å²) in [5.41, 5.74) is 14.6. The van der Waals surface area contributed by atoms with Gasteiger partial charge in [0.25, 0.3) is 0 Å². The lowest BCUT2D eigenvalue weighted by atomic mass is 9.96. The Morgan fingerprint density at radius 2 is 1.68 bits per heavy atom. The summed E-state index contributed by atoms with van der Waals surface area (Å²) >= 11 is 1.11. The van der Waals surface area contributed by atoms with Crippen molar-refractivity contribution in [3.8, 4) is 23.3 Å². The number of nitrogens with two attached hydrogens (primary N) is 2. The Labute approximate surface area is 201 Å². The van der Waals surface area contributed by atoms with Crippen LogP contribution in [0, 0.1) is 29.6 Å². The van der Waals surface area contributed by atoms with E-state index in [0.29, 0.717) is 28.8 Å². The molecule has 1 heterocycles. The van der Waals surface area contributed by atoms with E-state index in [1.54, 1.807) is 12.1 Å². The first-order valence-electron chi connectivity index (χ1n) is 10.4. The molecule has 2 amide bonds. The van der Waals surface area contributed by atoms with E-state index in [0.717, 1.165) is 17.3 Å². The normalized spacial score (nSPS) is 11.2. The zero-order chi connectivity index (χ0) is 24.8. The standard InChI is InChI=1S/C25H22N6O2S/c1-3-20(24(33)30-17-10-8-16(9-11-17)23(29)32)34-25-19(13-27)21(18(12-26)22(28)31-25)15-6-4-14(2)5-7-15/h4-11,20H,3H2,1-2H3,(H2,28,31)(H2,29,32)(H,30,33). The number of hydrogen-bond donors (Lipinski definition) is 3. The van der Waals surface area contributed by atoms with E-state index >= 15 is 0 Å². The predicted molar refractivity (Wildman–Crippen MR) is 132 cm³/mol. The zero-order valence-corrected chi connectivity index (χ0v) is 19.4. The van der Waals surface area contributed by atoms with Gasteiger partial charge in [0.2, 0.25) is 11.8 Å². The predicted octanol–water partition coefficient (Wildman–Crippen LogP) is 3.99. The number of nitrogen functional groups attached to an aromatic ring is 1. The number of nitrogens with zero attached hydrogens (tertiary/aromatic N) is 3. The van der Waals surface area contributed by atoms with Gasteiger partial charge in [0, 0.05) is 16.8 Å². The van der Waals surface area contributed by atoms with Crippen LogP contribution in [0.25, 0.3) is 11.1 Å². The first kappa shape index (κ1) is 24.3. The zero-order valence-electron chi connectivity index (χ0n) is 18.6. The molecule has 34 heavy (non-hydrogen) atoms. The first-order chi connectivity index (χ1) is 16.3. The maximum Gasteiger partial charge on any atom is 0.248 e. The fourth-order valence-corrected chi connectivity index (χ4v) is 4.31. The second-order valence-corrected chi connectivity index (χ2v) is 8.65. The molecule has 0 saturated heterocycles. The molecule has 0 aliphatic carbocycles. The number of anilines is 2. The SMILES string of the molecule is CCC(Sc1nc(N)c(C#N)c(-c2ccc(C)cc2)c1C#N)C(=O)Nc1ccc(C(N)=O)cc1. The number of benzene rings is 2. The van der Waals surface area contributed by atoms with E-state index < -0.39 is 11.2 Å². The number of pyridine rings is 1. The van der Waals surface area contributed by atoms with Crippen LogP contribution in [0.1, 0.15) is 40.4 Å². The van der Waals surface area contributed by atoms with Gasteiger partial charge in [-0.15, -0.1) is 0 Å². The largest absolute Gasteiger partial charge is 0.383 e. The number of primary amides is 1. The lowest BCUT2D eigenvalue weighted by Crippen LogP contribution is -2.25. The topological polar surface area (TPSA) is 159 Å². The fraction of sp³-hybridized carbons (Fsp3) is 0.160. The van der Waals surface area contributed by atoms with Crippen LogP contribution in [0.5, 0.6) is 0 Å². The number of nitrogens with one attached hydrogen (secondary N) is 1. The van der Waals surface area contributed by atoms with Crippen LogP contribution in [0.15, 0.2) is 53.6 Å². The Bertz CT molecular complexity index is 1320. The second kappa shape index (κ2) is 10.5. The Kier molecular flexibility index (Phi) is 7.52. The molecule has 0 bridgehead atoms. The molecule has 0 aliphatic heterocycles. The van der Waals surface area contributed by atoms with Gasteiger partial charge in [-0.25, -0.2) is 4.98 Å². The van der Waals surface area contributed by atoms with E-state index in [9.17, 15) is 20.1 Å². The number of amides is 2. The Morgan fingerprint density at radius 1 is 1.06 bits per heavy atom. The molecule has 3 rings (SSSR count). The van der Waals surface area contributed by atoms with E-state index in [1.165, 1.54) is 12.1 Å². The summed E-state index contributed by atoms with van der Waals surface area (Å²) in [6, 6.07) is 17.8. The highest BCUT2D eigenvalue weighted by Crippen LogP contribution is 2.37. The summed E-state index contributed by atoms with van der Waals surface area (Å²) in [6.07, 6.45) is 0.447. The summed E-state index contributed by atoms with van der Waals surface area (Å²) in [5.74, 6) is -0.862. The quantitative estimate of drug-likeness (QED) is 0.440. The van der Waals surface area contributed by atoms with Crippen LogP contribution in [0.2, 0.25) is 0 Å². The van der Waals surface area contributed by atoms with Crippen molar-refractivity contribution in [1.29, 1.82) is 10.5 Å². The molecule has 0 saturated carbocycles. The van der Waals surface area contributed by atoms with Crippen molar-refractivity contribution in [2.45, 2.75) is 30.5 Å². The molecule has 8 nitrogen and oxygen atoms in total. The third kappa shape index (κ3) is 5.17. The molecule has 1 unspecified atom stereocenters. The van der Waals surface area contributed by atoms with Crippen molar-refractivity contribution in [2.24, 2.45) is 5.73 Å². The molecular formula is C25H22N6O2S. The number of thioether (sulfide) groups is 1. The van der Waals surface area contributed by atoms with Crippen molar-refractivity contribution in [3.63, 3.8) is 0 Å². The molecule has 2 aromatic carbocycles. The van der Waals surface area contributed by atoms with Crippen LogP contribution in [-0.4, -0.2) is 22.0 Å². The van der Waals surface area contributed by atoms with Crippen LogP contribution >= 0.6 is 11.8 Å². The highest BCUT2D eigenvalue weighted by molar-refractivity contribution is 8.00.